The SMILES string of the molecule is O=C(Cc1ccc2c(c1)CCCC2)NCc1ccnc([C@@H]2CCCO2)n1. The number of rotatable bonds is 5. The van der Waals surface area contributed by atoms with Gasteiger partial charge in [-0.25, -0.2) is 9.97 Å². The molecule has 26 heavy (non-hydrogen) atoms. The number of carbonyl (C=O) groups excluding carboxylic acids is 1. The van der Waals surface area contributed by atoms with E-state index in [1.165, 1.54) is 30.4 Å². The number of carbonyl (C=O) groups is 1. The quantitative estimate of drug-likeness (QED) is 0.899. The molecule has 136 valence electrons. The van der Waals surface area contributed by atoms with Crippen LogP contribution in [0.3, 0.4) is 0 Å². The van der Waals surface area contributed by atoms with Crippen molar-refractivity contribution in [2.24, 2.45) is 0 Å². The molecule has 1 aromatic heterocycles. The van der Waals surface area contributed by atoms with Crippen molar-refractivity contribution in [3.8, 4) is 0 Å². The van der Waals surface area contributed by atoms with Crippen molar-refractivity contribution in [2.75, 3.05) is 6.61 Å². The highest BCUT2D eigenvalue weighted by Crippen LogP contribution is 2.25. The van der Waals surface area contributed by atoms with Gasteiger partial charge in [0.1, 0.15) is 6.10 Å². The number of hydrogen-bond donors (Lipinski definition) is 1. The Morgan fingerprint density at radius 3 is 2.88 bits per heavy atom. The molecule has 0 bridgehead atoms. The molecule has 1 aromatic carbocycles. The van der Waals surface area contributed by atoms with Crippen molar-refractivity contribution in [2.45, 2.75) is 57.6 Å². The molecule has 2 aromatic rings. The second kappa shape index (κ2) is 7.96. The molecule has 4 rings (SSSR count). The zero-order chi connectivity index (χ0) is 17.8. The molecule has 1 amide bonds. The summed E-state index contributed by atoms with van der Waals surface area (Å²) in [6.07, 6.45) is 9.01. The Morgan fingerprint density at radius 1 is 1.15 bits per heavy atom. The highest BCUT2D eigenvalue weighted by Gasteiger charge is 2.20. The van der Waals surface area contributed by atoms with E-state index >= 15 is 0 Å². The van der Waals surface area contributed by atoms with Crippen LogP contribution in [0.4, 0.5) is 0 Å². The lowest BCUT2D eigenvalue weighted by atomic mass is 9.90. The molecule has 1 atom stereocenters. The third-order valence-electron chi connectivity index (χ3n) is 5.19. The summed E-state index contributed by atoms with van der Waals surface area (Å²) in [5, 5.41) is 2.98. The fourth-order valence-corrected chi connectivity index (χ4v) is 3.78. The van der Waals surface area contributed by atoms with Gasteiger partial charge in [0, 0.05) is 12.8 Å². The molecule has 1 aliphatic carbocycles. The molecule has 0 radical (unpaired) electrons. The number of ether oxygens (including phenoxy) is 1. The van der Waals surface area contributed by atoms with Crippen molar-refractivity contribution >= 4 is 5.91 Å². The van der Waals surface area contributed by atoms with Gasteiger partial charge in [0.2, 0.25) is 5.91 Å². The number of aryl methyl sites for hydroxylation is 2. The smallest absolute Gasteiger partial charge is 0.224 e. The predicted octanol–water partition coefficient (Wildman–Crippen LogP) is 3.07. The monoisotopic (exact) mass is 351 g/mol. The topological polar surface area (TPSA) is 64.1 Å². The summed E-state index contributed by atoms with van der Waals surface area (Å²) < 4.78 is 5.63. The number of fused-ring (bicyclic) bond motifs is 1. The van der Waals surface area contributed by atoms with Gasteiger partial charge in [-0.1, -0.05) is 18.2 Å². The molecule has 0 unspecified atom stereocenters. The average molecular weight is 351 g/mol. The summed E-state index contributed by atoms with van der Waals surface area (Å²) in [4.78, 5) is 21.2. The third kappa shape index (κ3) is 4.10. The van der Waals surface area contributed by atoms with E-state index in [1.54, 1.807) is 6.20 Å². The summed E-state index contributed by atoms with van der Waals surface area (Å²) in [6.45, 7) is 1.20. The first-order valence-electron chi connectivity index (χ1n) is 9.59. The van der Waals surface area contributed by atoms with Gasteiger partial charge in [-0.2, -0.15) is 0 Å². The Morgan fingerprint density at radius 2 is 2.04 bits per heavy atom. The van der Waals surface area contributed by atoms with E-state index in [2.05, 4.69) is 33.5 Å². The fraction of sp³-hybridized carbons (Fsp3) is 0.476. The van der Waals surface area contributed by atoms with Crippen LogP contribution in [-0.4, -0.2) is 22.5 Å². The van der Waals surface area contributed by atoms with Crippen molar-refractivity contribution in [3.05, 3.63) is 58.7 Å². The van der Waals surface area contributed by atoms with Gasteiger partial charge >= 0.3 is 0 Å². The maximum Gasteiger partial charge on any atom is 0.224 e. The van der Waals surface area contributed by atoms with Gasteiger partial charge in [0.25, 0.3) is 0 Å². The first-order chi connectivity index (χ1) is 12.8. The van der Waals surface area contributed by atoms with E-state index in [0.29, 0.717) is 13.0 Å². The van der Waals surface area contributed by atoms with Crippen molar-refractivity contribution in [1.82, 2.24) is 15.3 Å². The number of nitrogens with one attached hydrogen (secondary N) is 1. The van der Waals surface area contributed by atoms with E-state index in [1.807, 2.05) is 6.07 Å². The summed E-state index contributed by atoms with van der Waals surface area (Å²) in [5.41, 5.74) is 4.77. The van der Waals surface area contributed by atoms with E-state index in [-0.39, 0.29) is 12.0 Å². The molecule has 5 nitrogen and oxygen atoms in total. The van der Waals surface area contributed by atoms with Crippen molar-refractivity contribution in [1.29, 1.82) is 0 Å². The summed E-state index contributed by atoms with van der Waals surface area (Å²) in [7, 11) is 0. The van der Waals surface area contributed by atoms with Gasteiger partial charge < -0.3 is 10.1 Å². The zero-order valence-electron chi connectivity index (χ0n) is 15.0. The standard InChI is InChI=1S/C21H25N3O2/c25-20(13-15-7-8-16-4-1-2-5-17(16)12-15)23-14-18-9-10-22-21(24-18)19-6-3-11-26-19/h7-10,12,19H,1-6,11,13-14H2,(H,23,25)/t19-/m0/s1. The third-order valence-corrected chi connectivity index (χ3v) is 5.19. The Labute approximate surface area is 154 Å². The lowest BCUT2D eigenvalue weighted by Gasteiger charge is -2.16. The van der Waals surface area contributed by atoms with E-state index in [0.717, 1.165) is 43.0 Å². The van der Waals surface area contributed by atoms with E-state index in [9.17, 15) is 4.79 Å². The molecular weight excluding hydrogens is 326 g/mol. The van der Waals surface area contributed by atoms with Crippen LogP contribution in [0, 0.1) is 0 Å². The first kappa shape index (κ1) is 17.2. The van der Waals surface area contributed by atoms with Crippen molar-refractivity contribution < 1.29 is 9.53 Å². The molecule has 0 spiro atoms. The van der Waals surface area contributed by atoms with Crippen LogP contribution in [0.15, 0.2) is 30.5 Å². The van der Waals surface area contributed by atoms with E-state index in [4.69, 9.17) is 4.74 Å². The van der Waals surface area contributed by atoms with Gasteiger partial charge in [-0.3, -0.25) is 4.79 Å². The number of nitrogens with zero attached hydrogens (tertiary/aromatic N) is 2. The molecule has 1 fully saturated rings. The number of amides is 1. The number of aromatic nitrogens is 2. The van der Waals surface area contributed by atoms with Gasteiger partial charge in [-0.15, -0.1) is 0 Å². The second-order valence-electron chi connectivity index (χ2n) is 7.17. The van der Waals surface area contributed by atoms with Crippen LogP contribution in [0.2, 0.25) is 0 Å². The van der Waals surface area contributed by atoms with Crippen LogP contribution >= 0.6 is 0 Å². The largest absolute Gasteiger partial charge is 0.370 e. The van der Waals surface area contributed by atoms with Crippen LogP contribution in [0.25, 0.3) is 0 Å². The number of benzene rings is 1. The second-order valence-corrected chi connectivity index (χ2v) is 7.17. The van der Waals surface area contributed by atoms with Crippen molar-refractivity contribution in [3.63, 3.8) is 0 Å². The molecule has 0 saturated carbocycles. The van der Waals surface area contributed by atoms with Crippen LogP contribution in [0.5, 0.6) is 0 Å². The highest BCUT2D eigenvalue weighted by molar-refractivity contribution is 5.78. The minimum Gasteiger partial charge on any atom is -0.370 e. The minimum atomic E-state index is 0.00106. The number of hydrogen-bond acceptors (Lipinski definition) is 4. The minimum absolute atomic E-state index is 0.00106. The summed E-state index contributed by atoms with van der Waals surface area (Å²) in [6, 6.07) is 8.32. The van der Waals surface area contributed by atoms with Crippen LogP contribution in [0.1, 0.15) is 60.0 Å². The first-order valence-corrected chi connectivity index (χ1v) is 9.59. The normalized spacial score (nSPS) is 19.2. The summed E-state index contributed by atoms with van der Waals surface area (Å²) in [5.74, 6) is 0.752. The molecule has 1 N–H and O–H groups in total. The maximum absolute atomic E-state index is 12.3. The Hall–Kier alpha value is -2.27. The molecule has 2 heterocycles. The predicted molar refractivity (Wildman–Crippen MR) is 98.6 cm³/mol. The molecular formula is C21H25N3O2. The molecule has 1 saturated heterocycles. The van der Waals surface area contributed by atoms with Gasteiger partial charge in [0.15, 0.2) is 5.82 Å². The Kier molecular flexibility index (Phi) is 5.25. The average Bonchev–Trinajstić information content (AvgIpc) is 3.21. The molecule has 5 heteroatoms. The maximum atomic E-state index is 12.3. The van der Waals surface area contributed by atoms with E-state index < -0.39 is 0 Å². The van der Waals surface area contributed by atoms with Gasteiger partial charge in [0.05, 0.1) is 18.7 Å². The van der Waals surface area contributed by atoms with Gasteiger partial charge in [-0.05, 0) is 61.3 Å². The summed E-state index contributed by atoms with van der Waals surface area (Å²) >= 11 is 0. The Bertz CT molecular complexity index is 785. The van der Waals surface area contributed by atoms with Crippen LogP contribution < -0.4 is 5.32 Å². The zero-order valence-corrected chi connectivity index (χ0v) is 15.0. The molecule has 2 aliphatic rings. The lowest BCUT2D eigenvalue weighted by molar-refractivity contribution is -0.120. The lowest BCUT2D eigenvalue weighted by Crippen LogP contribution is -2.25. The fourth-order valence-electron chi connectivity index (χ4n) is 3.78. The van der Waals surface area contributed by atoms with Crippen LogP contribution in [-0.2, 0) is 35.3 Å². The molecule has 1 aliphatic heterocycles. The Balaban J connectivity index is 1.33. The highest BCUT2D eigenvalue weighted by atomic mass is 16.5.